The first-order valence-corrected chi connectivity index (χ1v) is 14.6. The zero-order chi connectivity index (χ0) is 25.4. The number of carbonyl (C=O) groups excluding carboxylic acids is 4. The molecule has 0 radical (unpaired) electrons. The largest absolute Gasteiger partial charge is 0.367 e. The standard InChI is InChI=1S/C27H34IN3O5/c1-15-5-7-16(8-6-15)23(27(35)31-13-19(12-28)25-24(31)21(32)14-36-25)30-26(34)18-9-10-20-17(11-18)3-2-4-22(33)29-20/h9-11,15-16,19,23-25H,2-8,12-14H2,1H3,(H,29,33)(H,30,34)/t15-,16-,19-,23?,24+,25+/m0/s1. The number of anilines is 1. The number of likely N-dealkylation sites (tertiary alicyclic amines) is 1. The number of halogens is 1. The number of alkyl halides is 1. The van der Waals surface area contributed by atoms with Crippen molar-refractivity contribution in [3.63, 3.8) is 0 Å². The first-order chi connectivity index (χ1) is 17.4. The summed E-state index contributed by atoms with van der Waals surface area (Å²) in [5, 5.41) is 5.98. The molecule has 4 atom stereocenters. The summed E-state index contributed by atoms with van der Waals surface area (Å²) >= 11 is 2.29. The molecular formula is C27H34IN3O5. The maximum absolute atomic E-state index is 14.0. The predicted molar refractivity (Wildman–Crippen MR) is 143 cm³/mol. The molecular weight excluding hydrogens is 573 g/mol. The van der Waals surface area contributed by atoms with E-state index in [0.717, 1.165) is 47.8 Å². The molecule has 5 rings (SSSR count). The van der Waals surface area contributed by atoms with Crippen LogP contribution in [0, 0.1) is 17.8 Å². The van der Waals surface area contributed by atoms with Gasteiger partial charge in [0.2, 0.25) is 11.8 Å². The molecule has 1 aromatic carbocycles. The van der Waals surface area contributed by atoms with Crippen molar-refractivity contribution in [2.24, 2.45) is 17.8 Å². The molecule has 4 aliphatic rings. The Hall–Kier alpha value is -2.01. The Morgan fingerprint density at radius 2 is 1.97 bits per heavy atom. The third-order valence-electron chi connectivity index (χ3n) is 8.35. The summed E-state index contributed by atoms with van der Waals surface area (Å²) in [6, 6.07) is 4.08. The molecule has 36 heavy (non-hydrogen) atoms. The van der Waals surface area contributed by atoms with E-state index in [2.05, 4.69) is 40.1 Å². The first kappa shape index (κ1) is 25.6. The van der Waals surface area contributed by atoms with Crippen molar-refractivity contribution in [1.82, 2.24) is 10.2 Å². The molecule has 1 unspecified atom stereocenters. The lowest BCUT2D eigenvalue weighted by molar-refractivity contribution is -0.139. The lowest BCUT2D eigenvalue weighted by atomic mass is 9.78. The number of benzene rings is 1. The lowest BCUT2D eigenvalue weighted by Gasteiger charge is -2.35. The van der Waals surface area contributed by atoms with Gasteiger partial charge >= 0.3 is 0 Å². The Balaban J connectivity index is 1.39. The average Bonchev–Trinajstić information content (AvgIpc) is 3.37. The van der Waals surface area contributed by atoms with Gasteiger partial charge in [0.1, 0.15) is 18.7 Å². The second kappa shape index (κ2) is 10.8. The Kier molecular flexibility index (Phi) is 7.67. The average molecular weight is 607 g/mol. The third kappa shape index (κ3) is 5.05. The van der Waals surface area contributed by atoms with Gasteiger partial charge in [0.25, 0.3) is 5.91 Å². The number of ketones is 1. The lowest BCUT2D eigenvalue weighted by Crippen LogP contribution is -2.55. The number of nitrogens with zero attached hydrogens (tertiary/aromatic N) is 1. The minimum atomic E-state index is -0.675. The van der Waals surface area contributed by atoms with Crippen molar-refractivity contribution < 1.29 is 23.9 Å². The van der Waals surface area contributed by atoms with Gasteiger partial charge in [0.15, 0.2) is 5.78 Å². The van der Waals surface area contributed by atoms with E-state index in [0.29, 0.717) is 30.9 Å². The van der Waals surface area contributed by atoms with E-state index in [1.165, 1.54) is 0 Å². The highest BCUT2D eigenvalue weighted by atomic mass is 127. The number of carbonyl (C=O) groups is 4. The number of nitrogens with one attached hydrogen (secondary N) is 2. The van der Waals surface area contributed by atoms with E-state index < -0.39 is 12.1 Å². The van der Waals surface area contributed by atoms with Gasteiger partial charge in [-0.15, -0.1) is 0 Å². The van der Waals surface area contributed by atoms with Gasteiger partial charge in [-0.3, -0.25) is 19.2 Å². The Labute approximate surface area is 225 Å². The maximum Gasteiger partial charge on any atom is 0.251 e. The first-order valence-electron chi connectivity index (χ1n) is 13.1. The molecule has 9 heteroatoms. The summed E-state index contributed by atoms with van der Waals surface area (Å²) < 4.78 is 6.57. The zero-order valence-electron chi connectivity index (χ0n) is 20.6. The van der Waals surface area contributed by atoms with Crippen molar-refractivity contribution in [2.75, 3.05) is 22.9 Å². The third-order valence-corrected chi connectivity index (χ3v) is 9.48. The highest BCUT2D eigenvalue weighted by Gasteiger charge is 2.53. The summed E-state index contributed by atoms with van der Waals surface area (Å²) in [7, 11) is 0. The minimum absolute atomic E-state index is 0.0118. The van der Waals surface area contributed by atoms with Crippen molar-refractivity contribution in [2.45, 2.75) is 70.1 Å². The molecule has 8 nitrogen and oxygen atoms in total. The minimum Gasteiger partial charge on any atom is -0.367 e. The van der Waals surface area contributed by atoms with Crippen LogP contribution in [0.4, 0.5) is 5.69 Å². The number of aryl methyl sites for hydroxylation is 1. The molecule has 3 fully saturated rings. The number of fused-ring (bicyclic) bond motifs is 2. The summed E-state index contributed by atoms with van der Waals surface area (Å²) in [4.78, 5) is 53.7. The van der Waals surface area contributed by atoms with Crippen LogP contribution >= 0.6 is 22.6 Å². The van der Waals surface area contributed by atoms with E-state index in [1.54, 1.807) is 17.0 Å². The Morgan fingerprint density at radius 3 is 2.72 bits per heavy atom. The van der Waals surface area contributed by atoms with Crippen LogP contribution in [0.2, 0.25) is 0 Å². The summed E-state index contributed by atoms with van der Waals surface area (Å²) in [6.45, 7) is 2.76. The normalized spacial score (nSPS) is 30.7. The number of rotatable bonds is 5. The predicted octanol–water partition coefficient (Wildman–Crippen LogP) is 3.12. The second-order valence-electron chi connectivity index (χ2n) is 10.8. The van der Waals surface area contributed by atoms with E-state index in [4.69, 9.17) is 4.74 Å². The van der Waals surface area contributed by atoms with Crippen LogP contribution in [0.25, 0.3) is 0 Å². The fourth-order valence-electron chi connectivity index (χ4n) is 6.24. The van der Waals surface area contributed by atoms with Gasteiger partial charge in [-0.05, 0) is 61.3 Å². The Bertz CT molecular complexity index is 1050. The quantitative estimate of drug-likeness (QED) is 0.396. The van der Waals surface area contributed by atoms with Crippen molar-refractivity contribution in [3.05, 3.63) is 29.3 Å². The smallest absolute Gasteiger partial charge is 0.251 e. The van der Waals surface area contributed by atoms with Crippen LogP contribution in [0.3, 0.4) is 0 Å². The molecule has 0 spiro atoms. The molecule has 3 heterocycles. The van der Waals surface area contributed by atoms with Gasteiger partial charge in [-0.1, -0.05) is 42.4 Å². The van der Waals surface area contributed by atoms with E-state index in [1.807, 2.05) is 6.07 Å². The second-order valence-corrected chi connectivity index (χ2v) is 11.7. The summed E-state index contributed by atoms with van der Waals surface area (Å²) in [5.41, 5.74) is 2.16. The van der Waals surface area contributed by atoms with E-state index >= 15 is 0 Å². The number of hydrogen-bond donors (Lipinski definition) is 2. The number of amides is 3. The van der Waals surface area contributed by atoms with Crippen LogP contribution in [0.5, 0.6) is 0 Å². The molecule has 2 N–H and O–H groups in total. The molecule has 2 saturated heterocycles. The van der Waals surface area contributed by atoms with Crippen LogP contribution in [-0.4, -0.2) is 64.2 Å². The van der Waals surface area contributed by atoms with Gasteiger partial charge in [-0.25, -0.2) is 0 Å². The van der Waals surface area contributed by atoms with Crippen molar-refractivity contribution in [3.8, 4) is 0 Å². The van der Waals surface area contributed by atoms with E-state index in [-0.39, 0.29) is 48.1 Å². The molecule has 3 amide bonds. The highest BCUT2D eigenvalue weighted by Crippen LogP contribution is 2.36. The number of hydrogen-bond acceptors (Lipinski definition) is 5. The fraction of sp³-hybridized carbons (Fsp3) is 0.630. The molecule has 0 bridgehead atoms. The Morgan fingerprint density at radius 1 is 1.19 bits per heavy atom. The van der Waals surface area contributed by atoms with Crippen LogP contribution in [-0.2, 0) is 25.5 Å². The highest BCUT2D eigenvalue weighted by molar-refractivity contribution is 14.1. The van der Waals surface area contributed by atoms with Crippen molar-refractivity contribution in [1.29, 1.82) is 0 Å². The fourth-order valence-corrected chi connectivity index (χ4v) is 7.02. The summed E-state index contributed by atoms with van der Waals surface area (Å²) in [6.07, 6.45) is 5.45. The van der Waals surface area contributed by atoms with Gasteiger partial charge in [0, 0.05) is 34.6 Å². The number of ether oxygens (including phenoxy) is 1. The zero-order valence-corrected chi connectivity index (χ0v) is 22.8. The van der Waals surface area contributed by atoms with Gasteiger partial charge < -0.3 is 20.3 Å². The van der Waals surface area contributed by atoms with Gasteiger partial charge in [0.05, 0.1) is 6.10 Å². The molecule has 3 aliphatic heterocycles. The molecule has 1 saturated carbocycles. The SMILES string of the molecule is C[C@H]1CC[C@H](C(NC(=O)c2ccc3c(c2)CCCC(=O)N3)C(=O)N2C[C@H](CI)[C@H]3OCC(=O)[C@H]32)CC1. The maximum atomic E-state index is 14.0. The van der Waals surface area contributed by atoms with Crippen molar-refractivity contribution >= 4 is 51.8 Å². The number of Topliss-reactive ketones (excluding diaryl/α,β-unsaturated/α-hetero) is 1. The molecule has 194 valence electrons. The summed E-state index contributed by atoms with van der Waals surface area (Å²) in [5.74, 6) is 0.252. The van der Waals surface area contributed by atoms with Crippen LogP contribution in [0.15, 0.2) is 18.2 Å². The molecule has 0 aromatic heterocycles. The molecule has 1 aliphatic carbocycles. The van der Waals surface area contributed by atoms with E-state index in [9.17, 15) is 19.2 Å². The monoisotopic (exact) mass is 607 g/mol. The van der Waals surface area contributed by atoms with Gasteiger partial charge in [-0.2, -0.15) is 0 Å². The molecule has 1 aromatic rings. The topological polar surface area (TPSA) is 105 Å². The van der Waals surface area contributed by atoms with Crippen LogP contribution < -0.4 is 10.6 Å². The van der Waals surface area contributed by atoms with Crippen LogP contribution in [0.1, 0.15) is 61.4 Å².